The average Bonchev–Trinajstić information content (AvgIpc) is 2.99. The highest BCUT2D eigenvalue weighted by Crippen LogP contribution is 2.30. The maximum atomic E-state index is 13.0. The van der Waals surface area contributed by atoms with Crippen LogP contribution in [0.1, 0.15) is 28.8 Å². The highest BCUT2D eigenvalue weighted by atomic mass is 32.2. The molecule has 3 aliphatic rings. The van der Waals surface area contributed by atoms with Crippen LogP contribution in [-0.4, -0.2) is 57.6 Å². The Morgan fingerprint density at radius 2 is 1.88 bits per heavy atom. The molecule has 2 atom stereocenters. The van der Waals surface area contributed by atoms with Crippen molar-refractivity contribution in [1.82, 2.24) is 19.8 Å². The molecular formula is C20H24N4OS. The molecule has 4 heterocycles. The van der Waals surface area contributed by atoms with Crippen LogP contribution in [0.3, 0.4) is 0 Å². The zero-order valence-corrected chi connectivity index (χ0v) is 15.9. The van der Waals surface area contributed by atoms with Crippen molar-refractivity contribution in [3.05, 3.63) is 53.9 Å². The first-order valence-electron chi connectivity index (χ1n) is 9.16. The van der Waals surface area contributed by atoms with E-state index in [-0.39, 0.29) is 11.9 Å². The molecule has 0 aliphatic carbocycles. The van der Waals surface area contributed by atoms with Crippen molar-refractivity contribution in [1.29, 1.82) is 0 Å². The van der Waals surface area contributed by atoms with Gasteiger partial charge in [-0.1, -0.05) is 42.1 Å². The third kappa shape index (κ3) is 3.76. The second-order valence-electron chi connectivity index (χ2n) is 7.19. The molecule has 3 aliphatic heterocycles. The van der Waals surface area contributed by atoms with Gasteiger partial charge in [-0.2, -0.15) is 0 Å². The van der Waals surface area contributed by atoms with Gasteiger partial charge in [0.1, 0.15) is 0 Å². The van der Waals surface area contributed by atoms with E-state index in [4.69, 9.17) is 0 Å². The zero-order chi connectivity index (χ0) is 17.9. The van der Waals surface area contributed by atoms with Crippen molar-refractivity contribution in [2.75, 3.05) is 25.9 Å². The first kappa shape index (κ1) is 17.5. The van der Waals surface area contributed by atoms with Crippen LogP contribution in [0.15, 0.2) is 47.9 Å². The maximum Gasteiger partial charge on any atom is 0.257 e. The molecule has 6 heteroatoms. The Labute approximate surface area is 158 Å². The molecule has 2 bridgehead atoms. The summed E-state index contributed by atoms with van der Waals surface area (Å²) in [5.41, 5.74) is 1.94. The van der Waals surface area contributed by atoms with Crippen molar-refractivity contribution >= 4 is 17.7 Å². The van der Waals surface area contributed by atoms with Gasteiger partial charge in [0.05, 0.1) is 5.56 Å². The van der Waals surface area contributed by atoms with Crippen molar-refractivity contribution in [2.24, 2.45) is 5.92 Å². The minimum absolute atomic E-state index is 0.0777. The number of thioether (sulfide) groups is 1. The SMILES string of the molecule is CSc1ncc(C(=O)N2C[C@@H]3CC[C@H]2CN(Cc2ccccc2)C3)cn1. The highest BCUT2D eigenvalue weighted by Gasteiger charge is 2.37. The third-order valence-electron chi connectivity index (χ3n) is 5.36. The fourth-order valence-electron chi connectivity index (χ4n) is 4.10. The van der Waals surface area contributed by atoms with Gasteiger partial charge in [0.15, 0.2) is 5.16 Å². The number of amides is 1. The molecule has 5 rings (SSSR count). The molecule has 5 nitrogen and oxygen atoms in total. The Balaban J connectivity index is 1.48. The lowest BCUT2D eigenvalue weighted by Gasteiger charge is -2.36. The van der Waals surface area contributed by atoms with Gasteiger partial charge in [-0.25, -0.2) is 9.97 Å². The second kappa shape index (κ2) is 7.76. The number of hydrogen-bond acceptors (Lipinski definition) is 5. The largest absolute Gasteiger partial charge is 0.334 e. The number of carbonyl (C=O) groups excluding carboxylic acids is 1. The normalized spacial score (nSPS) is 23.0. The van der Waals surface area contributed by atoms with E-state index in [1.165, 1.54) is 23.7 Å². The molecule has 0 radical (unpaired) electrons. The summed E-state index contributed by atoms with van der Waals surface area (Å²) in [6.45, 7) is 3.82. The summed E-state index contributed by atoms with van der Waals surface area (Å²) in [6, 6.07) is 10.9. The number of fused-ring (bicyclic) bond motifs is 4. The van der Waals surface area contributed by atoms with Gasteiger partial charge in [-0.05, 0) is 30.6 Å². The Kier molecular flexibility index (Phi) is 5.22. The lowest BCUT2D eigenvalue weighted by molar-refractivity contribution is 0.0584. The predicted molar refractivity (Wildman–Crippen MR) is 103 cm³/mol. The molecule has 1 aromatic carbocycles. The summed E-state index contributed by atoms with van der Waals surface area (Å²) < 4.78 is 0. The lowest BCUT2D eigenvalue weighted by Crippen LogP contribution is -2.47. The number of carbonyl (C=O) groups is 1. The van der Waals surface area contributed by atoms with E-state index in [9.17, 15) is 4.79 Å². The van der Waals surface area contributed by atoms with Crippen molar-refractivity contribution in [3.63, 3.8) is 0 Å². The van der Waals surface area contributed by atoms with E-state index in [1.54, 1.807) is 12.4 Å². The van der Waals surface area contributed by atoms with Crippen LogP contribution in [0.5, 0.6) is 0 Å². The third-order valence-corrected chi connectivity index (χ3v) is 5.93. The minimum atomic E-state index is 0.0777. The molecule has 136 valence electrons. The van der Waals surface area contributed by atoms with Crippen LogP contribution >= 0.6 is 11.8 Å². The fraction of sp³-hybridized carbons (Fsp3) is 0.450. The molecular weight excluding hydrogens is 344 g/mol. The van der Waals surface area contributed by atoms with Gasteiger partial charge in [-0.3, -0.25) is 9.69 Å². The summed E-state index contributed by atoms with van der Waals surface area (Å²) in [5, 5.41) is 0.702. The molecule has 26 heavy (non-hydrogen) atoms. The van der Waals surface area contributed by atoms with Gasteiger partial charge in [-0.15, -0.1) is 0 Å². The van der Waals surface area contributed by atoms with Crippen molar-refractivity contribution < 1.29 is 4.79 Å². The molecule has 1 amide bonds. The van der Waals surface area contributed by atoms with Crippen LogP contribution in [0.4, 0.5) is 0 Å². The second-order valence-corrected chi connectivity index (χ2v) is 7.97. The average molecular weight is 369 g/mol. The monoisotopic (exact) mass is 368 g/mol. The van der Waals surface area contributed by atoms with Crippen LogP contribution in [0.2, 0.25) is 0 Å². The molecule has 0 saturated carbocycles. The fourth-order valence-corrected chi connectivity index (χ4v) is 4.41. The van der Waals surface area contributed by atoms with E-state index < -0.39 is 0 Å². The summed E-state index contributed by atoms with van der Waals surface area (Å²) in [5.74, 6) is 0.627. The molecule has 2 aromatic rings. The number of aromatic nitrogens is 2. The first-order chi connectivity index (χ1) is 12.7. The van der Waals surface area contributed by atoms with Crippen LogP contribution in [0, 0.1) is 5.92 Å². The number of piperidine rings is 1. The summed E-state index contributed by atoms with van der Waals surface area (Å²) in [7, 11) is 0. The van der Waals surface area contributed by atoms with E-state index in [1.807, 2.05) is 6.26 Å². The highest BCUT2D eigenvalue weighted by molar-refractivity contribution is 7.98. The van der Waals surface area contributed by atoms with Gasteiger partial charge >= 0.3 is 0 Å². The number of nitrogens with zero attached hydrogens (tertiary/aromatic N) is 4. The van der Waals surface area contributed by atoms with Crippen LogP contribution in [-0.2, 0) is 6.54 Å². The standard InChI is InChI=1S/C20H24N4OS/c1-26-20-21-9-17(10-22-20)19(25)24-13-16-7-8-18(24)14-23(12-16)11-15-5-3-2-4-6-15/h2-6,9-10,16,18H,7-8,11-14H2,1H3/t16-,18+/m1/s1. The Hall–Kier alpha value is -1.92. The molecule has 3 fully saturated rings. The van der Waals surface area contributed by atoms with Gasteiger partial charge < -0.3 is 4.90 Å². The Morgan fingerprint density at radius 1 is 1.12 bits per heavy atom. The van der Waals surface area contributed by atoms with E-state index in [0.717, 1.165) is 32.6 Å². The Morgan fingerprint density at radius 3 is 2.62 bits per heavy atom. The van der Waals surface area contributed by atoms with Gasteiger partial charge in [0.2, 0.25) is 0 Å². The lowest BCUT2D eigenvalue weighted by atomic mass is 9.94. The minimum Gasteiger partial charge on any atom is -0.334 e. The summed E-state index contributed by atoms with van der Waals surface area (Å²) in [6.07, 6.45) is 7.57. The first-order valence-corrected chi connectivity index (χ1v) is 10.4. The molecule has 3 saturated heterocycles. The van der Waals surface area contributed by atoms with Crippen LogP contribution in [0.25, 0.3) is 0 Å². The molecule has 0 N–H and O–H groups in total. The smallest absolute Gasteiger partial charge is 0.257 e. The van der Waals surface area contributed by atoms with Gasteiger partial charge in [0.25, 0.3) is 5.91 Å². The quantitative estimate of drug-likeness (QED) is 0.613. The maximum absolute atomic E-state index is 13.0. The number of rotatable bonds is 4. The summed E-state index contributed by atoms with van der Waals surface area (Å²) >= 11 is 1.49. The molecule has 1 aromatic heterocycles. The predicted octanol–water partition coefficient (Wildman–Crippen LogP) is 2.94. The van der Waals surface area contributed by atoms with Crippen molar-refractivity contribution in [3.8, 4) is 0 Å². The van der Waals surface area contributed by atoms with E-state index in [2.05, 4.69) is 50.1 Å². The molecule has 0 unspecified atom stereocenters. The van der Waals surface area contributed by atoms with Crippen molar-refractivity contribution in [2.45, 2.75) is 30.6 Å². The van der Waals surface area contributed by atoms with Gasteiger partial charge in [0, 0.05) is 44.6 Å². The number of hydrogen-bond donors (Lipinski definition) is 0. The van der Waals surface area contributed by atoms with E-state index in [0.29, 0.717) is 16.6 Å². The summed E-state index contributed by atoms with van der Waals surface area (Å²) in [4.78, 5) is 26.1. The molecule has 0 spiro atoms. The topological polar surface area (TPSA) is 49.3 Å². The Bertz CT molecular complexity index is 752. The number of benzene rings is 1. The van der Waals surface area contributed by atoms with Crippen LogP contribution < -0.4 is 0 Å². The van der Waals surface area contributed by atoms with E-state index >= 15 is 0 Å². The zero-order valence-electron chi connectivity index (χ0n) is 15.0.